The van der Waals surface area contributed by atoms with Gasteiger partial charge in [0.25, 0.3) is 5.91 Å². The standard InChI is InChI=1S/C23H24F3N3O3/c1-21(2,3)14-9-11-15(12-10-14)22(4)19(31)29(20(32)28-22)13-18(30)27-17-8-6-5-7-16(17)23(24,25)26/h5-12H,13H2,1-4H3,(H,27,30)(H,28,32). The molecule has 6 nitrogen and oxygen atoms in total. The van der Waals surface area contributed by atoms with Crippen LogP contribution in [-0.2, 0) is 26.7 Å². The first-order chi connectivity index (χ1) is 14.7. The zero-order valence-electron chi connectivity index (χ0n) is 18.1. The number of amides is 4. The van der Waals surface area contributed by atoms with E-state index in [-0.39, 0.29) is 5.41 Å². The molecule has 1 aliphatic heterocycles. The highest BCUT2D eigenvalue weighted by atomic mass is 19.4. The Morgan fingerprint density at radius 2 is 1.62 bits per heavy atom. The van der Waals surface area contributed by atoms with Gasteiger partial charge in [0, 0.05) is 0 Å². The molecule has 170 valence electrons. The second-order valence-corrected chi connectivity index (χ2v) is 8.87. The van der Waals surface area contributed by atoms with Crippen molar-refractivity contribution in [2.45, 2.75) is 44.8 Å². The summed E-state index contributed by atoms with van der Waals surface area (Å²) in [6.07, 6.45) is -4.66. The summed E-state index contributed by atoms with van der Waals surface area (Å²) in [6, 6.07) is 10.9. The third-order valence-electron chi connectivity index (χ3n) is 5.41. The van der Waals surface area contributed by atoms with Crippen LogP contribution in [0.3, 0.4) is 0 Å². The highest BCUT2D eigenvalue weighted by Crippen LogP contribution is 2.35. The largest absolute Gasteiger partial charge is 0.418 e. The van der Waals surface area contributed by atoms with Gasteiger partial charge in [0.1, 0.15) is 12.1 Å². The van der Waals surface area contributed by atoms with Crippen molar-refractivity contribution in [3.05, 3.63) is 65.2 Å². The van der Waals surface area contributed by atoms with Crippen LogP contribution in [0.4, 0.5) is 23.7 Å². The van der Waals surface area contributed by atoms with Crippen molar-refractivity contribution in [2.24, 2.45) is 0 Å². The number of nitrogens with one attached hydrogen (secondary N) is 2. The molecule has 2 N–H and O–H groups in total. The monoisotopic (exact) mass is 447 g/mol. The van der Waals surface area contributed by atoms with E-state index in [4.69, 9.17) is 0 Å². The molecule has 1 atom stereocenters. The Balaban J connectivity index is 1.78. The summed E-state index contributed by atoms with van der Waals surface area (Å²) in [5.41, 5.74) is -1.38. The smallest absolute Gasteiger partial charge is 0.324 e. The summed E-state index contributed by atoms with van der Waals surface area (Å²) >= 11 is 0. The Hall–Kier alpha value is -3.36. The lowest BCUT2D eigenvalue weighted by Crippen LogP contribution is -2.42. The molecular weight excluding hydrogens is 423 g/mol. The number of rotatable bonds is 4. The van der Waals surface area contributed by atoms with Crippen LogP contribution in [0, 0.1) is 0 Å². The fourth-order valence-electron chi connectivity index (χ4n) is 3.51. The van der Waals surface area contributed by atoms with Crippen molar-refractivity contribution in [1.82, 2.24) is 10.2 Å². The lowest BCUT2D eigenvalue weighted by Gasteiger charge is -2.24. The summed E-state index contributed by atoms with van der Waals surface area (Å²) < 4.78 is 39.4. The summed E-state index contributed by atoms with van der Waals surface area (Å²) in [4.78, 5) is 38.6. The predicted molar refractivity (Wildman–Crippen MR) is 113 cm³/mol. The Bertz CT molecular complexity index is 1060. The number of para-hydroxylation sites is 1. The van der Waals surface area contributed by atoms with Crippen LogP contribution in [0.25, 0.3) is 0 Å². The first-order valence-corrected chi connectivity index (χ1v) is 9.95. The van der Waals surface area contributed by atoms with Crippen molar-refractivity contribution in [1.29, 1.82) is 0 Å². The minimum absolute atomic E-state index is 0.0980. The zero-order chi connectivity index (χ0) is 23.9. The summed E-state index contributed by atoms with van der Waals surface area (Å²) in [5, 5.41) is 4.73. The molecular formula is C23H24F3N3O3. The topological polar surface area (TPSA) is 78.5 Å². The van der Waals surface area contributed by atoms with E-state index in [0.717, 1.165) is 17.7 Å². The van der Waals surface area contributed by atoms with Crippen molar-refractivity contribution in [2.75, 3.05) is 11.9 Å². The number of imide groups is 1. The molecule has 4 amide bonds. The number of hydrogen-bond acceptors (Lipinski definition) is 3. The first kappa shape index (κ1) is 23.3. The minimum atomic E-state index is -4.66. The molecule has 0 aromatic heterocycles. The lowest BCUT2D eigenvalue weighted by atomic mass is 9.84. The van der Waals surface area contributed by atoms with E-state index < -0.39 is 47.4 Å². The maximum Gasteiger partial charge on any atom is 0.418 e. The molecule has 1 fully saturated rings. The number of halogens is 3. The van der Waals surface area contributed by atoms with Crippen LogP contribution in [0.5, 0.6) is 0 Å². The number of hydrogen-bond donors (Lipinski definition) is 2. The number of benzene rings is 2. The van der Waals surface area contributed by atoms with Gasteiger partial charge in [-0.1, -0.05) is 57.2 Å². The highest BCUT2D eigenvalue weighted by Gasteiger charge is 2.49. The van der Waals surface area contributed by atoms with E-state index in [9.17, 15) is 27.6 Å². The second-order valence-electron chi connectivity index (χ2n) is 8.87. The molecule has 1 saturated heterocycles. The van der Waals surface area contributed by atoms with Gasteiger partial charge in [0.15, 0.2) is 0 Å². The van der Waals surface area contributed by atoms with Crippen LogP contribution in [0.15, 0.2) is 48.5 Å². The maximum atomic E-state index is 13.1. The number of carbonyl (C=O) groups excluding carboxylic acids is 3. The third kappa shape index (κ3) is 4.46. The van der Waals surface area contributed by atoms with E-state index in [0.29, 0.717) is 10.5 Å². The average Bonchev–Trinajstić information content (AvgIpc) is 2.91. The summed E-state index contributed by atoms with van der Waals surface area (Å²) in [7, 11) is 0. The van der Waals surface area contributed by atoms with Crippen molar-refractivity contribution < 1.29 is 27.6 Å². The average molecular weight is 447 g/mol. The molecule has 0 spiro atoms. The third-order valence-corrected chi connectivity index (χ3v) is 5.41. The Morgan fingerprint density at radius 3 is 2.19 bits per heavy atom. The summed E-state index contributed by atoms with van der Waals surface area (Å²) in [5.74, 6) is -1.58. The quantitative estimate of drug-likeness (QED) is 0.682. The number of carbonyl (C=O) groups is 3. The fraction of sp³-hybridized carbons (Fsp3) is 0.348. The molecule has 9 heteroatoms. The van der Waals surface area contributed by atoms with Crippen LogP contribution in [-0.4, -0.2) is 29.3 Å². The number of nitrogens with zero attached hydrogens (tertiary/aromatic N) is 1. The molecule has 0 radical (unpaired) electrons. The van der Waals surface area contributed by atoms with Crippen LogP contribution < -0.4 is 10.6 Å². The van der Waals surface area contributed by atoms with Gasteiger partial charge in [-0.05, 0) is 35.6 Å². The van der Waals surface area contributed by atoms with E-state index in [1.807, 2.05) is 32.9 Å². The minimum Gasteiger partial charge on any atom is -0.324 e. The highest BCUT2D eigenvalue weighted by molar-refractivity contribution is 6.10. The van der Waals surface area contributed by atoms with E-state index >= 15 is 0 Å². The van der Waals surface area contributed by atoms with Gasteiger partial charge in [-0.15, -0.1) is 0 Å². The van der Waals surface area contributed by atoms with Gasteiger partial charge in [-0.3, -0.25) is 14.5 Å². The van der Waals surface area contributed by atoms with Crippen LogP contribution in [0.2, 0.25) is 0 Å². The molecule has 1 aliphatic rings. The normalized spacial score (nSPS) is 19.2. The Morgan fingerprint density at radius 1 is 1.03 bits per heavy atom. The van der Waals surface area contributed by atoms with E-state index in [1.165, 1.54) is 19.1 Å². The Kier molecular flexibility index (Phi) is 5.80. The Labute approximate surface area is 183 Å². The second kappa shape index (κ2) is 7.96. The van der Waals surface area contributed by atoms with E-state index in [1.54, 1.807) is 12.1 Å². The molecule has 0 aliphatic carbocycles. The molecule has 1 heterocycles. The van der Waals surface area contributed by atoms with Crippen LogP contribution in [0.1, 0.15) is 44.4 Å². The van der Waals surface area contributed by atoms with Gasteiger partial charge in [0.05, 0.1) is 11.3 Å². The maximum absolute atomic E-state index is 13.1. The van der Waals surface area contributed by atoms with Gasteiger partial charge < -0.3 is 10.6 Å². The molecule has 0 saturated carbocycles. The first-order valence-electron chi connectivity index (χ1n) is 9.95. The zero-order valence-corrected chi connectivity index (χ0v) is 18.1. The molecule has 1 unspecified atom stereocenters. The van der Waals surface area contributed by atoms with Crippen molar-refractivity contribution >= 4 is 23.5 Å². The van der Waals surface area contributed by atoms with Gasteiger partial charge in [-0.25, -0.2) is 4.79 Å². The molecule has 2 aromatic rings. The molecule has 2 aromatic carbocycles. The molecule has 0 bridgehead atoms. The van der Waals surface area contributed by atoms with Gasteiger partial charge in [0.2, 0.25) is 5.91 Å². The van der Waals surface area contributed by atoms with E-state index in [2.05, 4.69) is 10.6 Å². The molecule has 3 rings (SSSR count). The van der Waals surface area contributed by atoms with Crippen LogP contribution >= 0.6 is 0 Å². The summed E-state index contributed by atoms with van der Waals surface area (Å²) in [6.45, 7) is 6.94. The fourth-order valence-corrected chi connectivity index (χ4v) is 3.51. The SMILES string of the molecule is CC(C)(C)c1ccc(C2(C)NC(=O)N(CC(=O)Nc3ccccc3C(F)(F)F)C2=O)cc1. The van der Waals surface area contributed by atoms with Gasteiger partial charge >= 0.3 is 12.2 Å². The molecule has 32 heavy (non-hydrogen) atoms. The number of alkyl halides is 3. The lowest BCUT2D eigenvalue weighted by molar-refractivity contribution is -0.137. The van der Waals surface area contributed by atoms with Crippen molar-refractivity contribution in [3.63, 3.8) is 0 Å². The van der Waals surface area contributed by atoms with Crippen molar-refractivity contribution in [3.8, 4) is 0 Å². The number of anilines is 1. The predicted octanol–water partition coefficient (Wildman–Crippen LogP) is 4.41. The van der Waals surface area contributed by atoms with Gasteiger partial charge in [-0.2, -0.15) is 13.2 Å². The number of urea groups is 1.